The zero-order valence-electron chi connectivity index (χ0n) is 17.8. The summed E-state index contributed by atoms with van der Waals surface area (Å²) in [5.41, 5.74) is 2.30. The van der Waals surface area contributed by atoms with Crippen LogP contribution in [-0.2, 0) is 9.59 Å². The maximum absolute atomic E-state index is 12.9. The summed E-state index contributed by atoms with van der Waals surface area (Å²) in [7, 11) is 0. The highest BCUT2D eigenvalue weighted by atomic mass is 79.9. The monoisotopic (exact) mass is 531 g/mol. The van der Waals surface area contributed by atoms with Crippen molar-refractivity contribution in [3.63, 3.8) is 0 Å². The molecule has 34 heavy (non-hydrogen) atoms. The Bertz CT molecular complexity index is 1460. The van der Waals surface area contributed by atoms with Gasteiger partial charge in [-0.25, -0.2) is 0 Å². The van der Waals surface area contributed by atoms with Crippen molar-refractivity contribution >= 4 is 67.3 Å². The Kier molecular flexibility index (Phi) is 6.08. The van der Waals surface area contributed by atoms with E-state index in [0.717, 1.165) is 43.3 Å². The molecule has 0 bridgehead atoms. The third-order valence-electron chi connectivity index (χ3n) is 5.37. The molecule has 0 saturated carbocycles. The molecule has 0 aliphatic carbocycles. The molecule has 1 aromatic heterocycles. The van der Waals surface area contributed by atoms with Gasteiger partial charge in [-0.05, 0) is 77.1 Å². The van der Waals surface area contributed by atoms with Crippen LogP contribution in [0.5, 0.6) is 0 Å². The number of hydrogen-bond donors (Lipinski definition) is 1. The lowest BCUT2D eigenvalue weighted by Crippen LogP contribution is -2.36. The summed E-state index contributed by atoms with van der Waals surface area (Å²) in [6.07, 6.45) is 3.60. The number of nitrogens with one attached hydrogen (secondary N) is 1. The molecule has 0 atom stereocenters. The molecule has 5 rings (SSSR count). The van der Waals surface area contributed by atoms with E-state index in [9.17, 15) is 14.4 Å². The lowest BCUT2D eigenvalue weighted by molar-refractivity contribution is -0.127. The van der Waals surface area contributed by atoms with Gasteiger partial charge in [0.25, 0.3) is 11.1 Å². The number of aromatic nitrogens is 1. The minimum atomic E-state index is -0.479. The van der Waals surface area contributed by atoms with Crippen molar-refractivity contribution in [2.45, 2.75) is 0 Å². The summed E-state index contributed by atoms with van der Waals surface area (Å²) in [4.78, 5) is 39.1. The van der Waals surface area contributed by atoms with Crippen LogP contribution in [-0.4, -0.2) is 33.1 Å². The first kappa shape index (κ1) is 22.2. The Morgan fingerprint density at radius 2 is 1.71 bits per heavy atom. The van der Waals surface area contributed by atoms with Gasteiger partial charge in [0.1, 0.15) is 6.54 Å². The maximum atomic E-state index is 12.9. The van der Waals surface area contributed by atoms with Crippen molar-refractivity contribution in [3.8, 4) is 5.69 Å². The van der Waals surface area contributed by atoms with Gasteiger partial charge in [0.15, 0.2) is 0 Å². The van der Waals surface area contributed by atoms with Crippen molar-refractivity contribution in [2.75, 3.05) is 11.9 Å². The van der Waals surface area contributed by atoms with Gasteiger partial charge in [-0.1, -0.05) is 46.3 Å². The van der Waals surface area contributed by atoms with Gasteiger partial charge in [-0.15, -0.1) is 0 Å². The van der Waals surface area contributed by atoms with E-state index in [1.165, 1.54) is 0 Å². The number of nitrogens with zero attached hydrogens (tertiary/aromatic N) is 2. The molecule has 8 heteroatoms. The summed E-state index contributed by atoms with van der Waals surface area (Å²) in [6, 6.07) is 25.0. The zero-order valence-corrected chi connectivity index (χ0v) is 20.2. The van der Waals surface area contributed by atoms with E-state index in [4.69, 9.17) is 0 Å². The van der Waals surface area contributed by atoms with Crippen LogP contribution in [0.3, 0.4) is 0 Å². The second-order valence-corrected chi connectivity index (χ2v) is 9.57. The molecule has 1 N–H and O–H groups in total. The molecule has 0 spiro atoms. The second-order valence-electron chi connectivity index (χ2n) is 7.66. The van der Waals surface area contributed by atoms with Crippen LogP contribution in [0.1, 0.15) is 5.69 Å². The van der Waals surface area contributed by atoms with Crippen molar-refractivity contribution in [3.05, 3.63) is 100 Å². The number of thioether (sulfide) groups is 1. The minimum Gasteiger partial charge on any atom is -0.325 e. The average Bonchev–Trinajstić information content (AvgIpc) is 3.40. The third-order valence-corrected chi connectivity index (χ3v) is 6.81. The number of benzene rings is 3. The normalized spacial score (nSPS) is 14.9. The number of hydrogen-bond acceptors (Lipinski definition) is 4. The van der Waals surface area contributed by atoms with Gasteiger partial charge in [0.05, 0.1) is 4.91 Å². The number of rotatable bonds is 5. The molecule has 6 nitrogen and oxygen atoms in total. The molecule has 0 unspecified atom stereocenters. The summed E-state index contributed by atoms with van der Waals surface area (Å²) >= 11 is 4.17. The molecule has 3 aromatic carbocycles. The lowest BCUT2D eigenvalue weighted by atomic mass is 10.1. The first-order chi connectivity index (χ1) is 16.5. The van der Waals surface area contributed by atoms with Crippen LogP contribution in [0.4, 0.5) is 10.5 Å². The standard InChI is InChI=1S/C26H18BrN3O3S/c27-19-8-10-20(11-9-19)28-24(31)16-30-25(32)23(34-26(30)33)15-21-6-3-13-29(21)22-12-7-17-4-1-2-5-18(17)14-22/h1-15H,16H2,(H,28,31)/b23-15-. The SMILES string of the molecule is O=C(CN1C(=O)S/C(=C\c2cccn2-c2ccc3ccccc3c2)C1=O)Nc1ccc(Br)cc1. The van der Waals surface area contributed by atoms with Crippen molar-refractivity contribution in [2.24, 2.45) is 0 Å². The predicted molar refractivity (Wildman–Crippen MR) is 139 cm³/mol. The number of amides is 3. The Balaban J connectivity index is 1.34. The summed E-state index contributed by atoms with van der Waals surface area (Å²) in [5, 5.41) is 4.49. The number of carbonyl (C=O) groups is 3. The Hall–Kier alpha value is -3.62. The molecule has 4 aromatic rings. The quantitative estimate of drug-likeness (QED) is 0.317. The first-order valence-electron chi connectivity index (χ1n) is 10.5. The van der Waals surface area contributed by atoms with E-state index < -0.39 is 17.1 Å². The topological polar surface area (TPSA) is 71.4 Å². The molecule has 168 valence electrons. The molecule has 1 saturated heterocycles. The van der Waals surface area contributed by atoms with Crippen molar-refractivity contribution in [1.82, 2.24) is 9.47 Å². The summed E-state index contributed by atoms with van der Waals surface area (Å²) < 4.78 is 2.84. The zero-order chi connectivity index (χ0) is 23.7. The molecule has 1 aliphatic rings. The number of carbonyl (C=O) groups excluding carboxylic acids is 3. The second kappa shape index (κ2) is 9.32. The van der Waals surface area contributed by atoms with Gasteiger partial charge < -0.3 is 9.88 Å². The third kappa shape index (κ3) is 4.55. The van der Waals surface area contributed by atoms with E-state index >= 15 is 0 Å². The smallest absolute Gasteiger partial charge is 0.294 e. The first-order valence-corrected chi connectivity index (χ1v) is 12.1. The fourth-order valence-electron chi connectivity index (χ4n) is 3.72. The Labute approximate surface area is 208 Å². The van der Waals surface area contributed by atoms with E-state index in [0.29, 0.717) is 5.69 Å². The van der Waals surface area contributed by atoms with Gasteiger partial charge in [0.2, 0.25) is 5.91 Å². The molecular weight excluding hydrogens is 514 g/mol. The molecule has 1 aliphatic heterocycles. The number of halogens is 1. The fraction of sp³-hybridized carbons (Fsp3) is 0.0385. The van der Waals surface area contributed by atoms with E-state index in [1.807, 2.05) is 53.2 Å². The van der Waals surface area contributed by atoms with Crippen LogP contribution in [0.2, 0.25) is 0 Å². The number of imide groups is 1. The maximum Gasteiger partial charge on any atom is 0.294 e. The molecule has 1 fully saturated rings. The molecule has 3 amide bonds. The predicted octanol–water partition coefficient (Wildman–Crippen LogP) is 6.07. The van der Waals surface area contributed by atoms with Crippen molar-refractivity contribution in [1.29, 1.82) is 0 Å². The highest BCUT2D eigenvalue weighted by molar-refractivity contribution is 9.10. The molecule has 0 radical (unpaired) electrons. The number of fused-ring (bicyclic) bond motifs is 1. The fourth-order valence-corrected chi connectivity index (χ4v) is 4.81. The largest absolute Gasteiger partial charge is 0.325 e. The molecular formula is C26H18BrN3O3S. The minimum absolute atomic E-state index is 0.280. The van der Waals surface area contributed by atoms with Crippen LogP contribution in [0.25, 0.3) is 22.5 Å². The lowest BCUT2D eigenvalue weighted by Gasteiger charge is -2.12. The number of anilines is 1. The van der Waals surface area contributed by atoms with Gasteiger partial charge in [-0.2, -0.15) is 0 Å². The van der Waals surface area contributed by atoms with Gasteiger partial charge in [-0.3, -0.25) is 19.3 Å². The van der Waals surface area contributed by atoms with E-state index in [2.05, 4.69) is 33.4 Å². The van der Waals surface area contributed by atoms with Gasteiger partial charge in [0, 0.05) is 27.7 Å². The molecule has 2 heterocycles. The van der Waals surface area contributed by atoms with Crippen LogP contribution < -0.4 is 5.32 Å². The highest BCUT2D eigenvalue weighted by Gasteiger charge is 2.36. The summed E-state index contributed by atoms with van der Waals surface area (Å²) in [5.74, 6) is -0.919. The van der Waals surface area contributed by atoms with Crippen molar-refractivity contribution < 1.29 is 14.4 Å². The van der Waals surface area contributed by atoms with Crippen LogP contribution >= 0.6 is 27.7 Å². The summed E-state index contributed by atoms with van der Waals surface area (Å²) in [6.45, 7) is -0.343. The van der Waals surface area contributed by atoms with Crippen LogP contribution in [0.15, 0.2) is 94.4 Å². The van der Waals surface area contributed by atoms with Crippen LogP contribution in [0, 0.1) is 0 Å². The highest BCUT2D eigenvalue weighted by Crippen LogP contribution is 2.33. The van der Waals surface area contributed by atoms with Gasteiger partial charge >= 0.3 is 0 Å². The van der Waals surface area contributed by atoms with E-state index in [1.54, 1.807) is 30.3 Å². The average molecular weight is 532 g/mol. The Morgan fingerprint density at radius 1 is 0.941 bits per heavy atom. The Morgan fingerprint density at radius 3 is 2.50 bits per heavy atom. The van der Waals surface area contributed by atoms with E-state index in [-0.39, 0.29) is 11.4 Å².